The Labute approximate surface area is 95.1 Å². The number of imidazole rings is 1. The topological polar surface area (TPSA) is 71.5 Å². The summed E-state index contributed by atoms with van der Waals surface area (Å²) in [7, 11) is 0. The van der Waals surface area contributed by atoms with Gasteiger partial charge in [-0.2, -0.15) is 0 Å². The van der Waals surface area contributed by atoms with Gasteiger partial charge in [0.1, 0.15) is 5.82 Å². The lowest BCUT2D eigenvalue weighted by Gasteiger charge is -2.29. The molecule has 1 aliphatic rings. The summed E-state index contributed by atoms with van der Waals surface area (Å²) in [5.74, 6) is 7.31. The number of aromatic nitrogens is 2. The summed E-state index contributed by atoms with van der Waals surface area (Å²) >= 11 is 0. The van der Waals surface area contributed by atoms with Crippen LogP contribution in [0.25, 0.3) is 0 Å². The largest absolute Gasteiger partial charge is 0.333 e. The van der Waals surface area contributed by atoms with E-state index in [1.807, 2.05) is 12.4 Å². The summed E-state index contributed by atoms with van der Waals surface area (Å²) in [5, 5.41) is 0. The van der Waals surface area contributed by atoms with Crippen molar-refractivity contribution in [1.82, 2.24) is 19.9 Å². The van der Waals surface area contributed by atoms with Crippen molar-refractivity contribution in [3.05, 3.63) is 18.2 Å². The SMILES string of the molecule is CCCN=C(NN)N1CCn2ccnc2C1. The number of aliphatic imine (C=N–C) groups is 1. The maximum Gasteiger partial charge on any atom is 0.208 e. The molecule has 88 valence electrons. The molecule has 2 heterocycles. The number of rotatable bonds is 2. The van der Waals surface area contributed by atoms with Crippen molar-refractivity contribution in [2.24, 2.45) is 10.8 Å². The fraction of sp³-hybridized carbons (Fsp3) is 0.600. The molecule has 0 spiro atoms. The highest BCUT2D eigenvalue weighted by Gasteiger charge is 2.18. The molecular weight excluding hydrogens is 204 g/mol. The Bertz CT molecular complexity index is 369. The summed E-state index contributed by atoms with van der Waals surface area (Å²) < 4.78 is 2.16. The molecule has 1 aromatic heterocycles. The predicted molar refractivity (Wildman–Crippen MR) is 62.6 cm³/mol. The van der Waals surface area contributed by atoms with E-state index in [4.69, 9.17) is 5.84 Å². The van der Waals surface area contributed by atoms with Crippen LogP contribution in [0.15, 0.2) is 17.4 Å². The van der Waals surface area contributed by atoms with Crippen LogP contribution in [0.2, 0.25) is 0 Å². The number of nitrogens with two attached hydrogens (primary N) is 1. The molecule has 0 atom stereocenters. The van der Waals surface area contributed by atoms with Crippen molar-refractivity contribution in [2.75, 3.05) is 13.1 Å². The second kappa shape index (κ2) is 4.98. The van der Waals surface area contributed by atoms with Crippen molar-refractivity contribution in [1.29, 1.82) is 0 Å². The van der Waals surface area contributed by atoms with E-state index in [0.29, 0.717) is 0 Å². The zero-order chi connectivity index (χ0) is 11.4. The third kappa shape index (κ3) is 2.16. The number of guanidine groups is 1. The molecule has 0 amide bonds. The minimum absolute atomic E-state index is 0.760. The molecule has 0 saturated carbocycles. The molecule has 2 rings (SSSR count). The van der Waals surface area contributed by atoms with Gasteiger partial charge in [0.25, 0.3) is 0 Å². The van der Waals surface area contributed by atoms with Crippen molar-refractivity contribution in [3.8, 4) is 0 Å². The minimum atomic E-state index is 0.760. The van der Waals surface area contributed by atoms with Crippen LogP contribution in [0.5, 0.6) is 0 Å². The first kappa shape index (κ1) is 10.9. The van der Waals surface area contributed by atoms with Crippen LogP contribution in [0, 0.1) is 0 Å². The Hall–Kier alpha value is -1.56. The standard InChI is InChI=1S/C10H18N6/c1-2-3-13-10(14-11)16-7-6-15-5-4-12-9(15)8-16/h4-5H,2-3,6-8,11H2,1H3,(H,13,14). The first-order valence-corrected chi connectivity index (χ1v) is 5.61. The van der Waals surface area contributed by atoms with Gasteiger partial charge in [0, 0.05) is 32.0 Å². The van der Waals surface area contributed by atoms with Gasteiger partial charge in [0.05, 0.1) is 6.54 Å². The van der Waals surface area contributed by atoms with E-state index in [1.165, 1.54) is 0 Å². The van der Waals surface area contributed by atoms with Gasteiger partial charge in [0.2, 0.25) is 5.96 Å². The fourth-order valence-corrected chi connectivity index (χ4v) is 1.81. The molecule has 0 aromatic carbocycles. The molecule has 16 heavy (non-hydrogen) atoms. The predicted octanol–water partition coefficient (Wildman–Crippen LogP) is -0.0720. The van der Waals surface area contributed by atoms with Crippen molar-refractivity contribution in [2.45, 2.75) is 26.4 Å². The molecule has 1 aliphatic heterocycles. The Morgan fingerprint density at radius 2 is 2.50 bits per heavy atom. The zero-order valence-corrected chi connectivity index (χ0v) is 9.56. The molecular formula is C10H18N6. The highest BCUT2D eigenvalue weighted by molar-refractivity contribution is 5.79. The highest BCUT2D eigenvalue weighted by atomic mass is 15.4. The summed E-state index contributed by atoms with van der Waals surface area (Å²) in [6, 6.07) is 0. The number of hydrazine groups is 1. The number of hydrogen-bond acceptors (Lipinski definition) is 3. The Balaban J connectivity index is 2.06. The van der Waals surface area contributed by atoms with Crippen LogP contribution in [0.4, 0.5) is 0 Å². The molecule has 0 radical (unpaired) electrons. The normalized spacial score (nSPS) is 16.1. The maximum absolute atomic E-state index is 5.49. The van der Waals surface area contributed by atoms with E-state index in [0.717, 1.165) is 44.4 Å². The lowest BCUT2D eigenvalue weighted by Crippen LogP contribution is -2.48. The number of fused-ring (bicyclic) bond motifs is 1. The number of nitrogens with zero attached hydrogens (tertiary/aromatic N) is 4. The summed E-state index contributed by atoms with van der Waals surface area (Å²) in [4.78, 5) is 10.8. The van der Waals surface area contributed by atoms with Crippen LogP contribution in [-0.4, -0.2) is 33.5 Å². The Morgan fingerprint density at radius 1 is 1.62 bits per heavy atom. The lowest BCUT2D eigenvalue weighted by atomic mass is 10.4. The van der Waals surface area contributed by atoms with Crippen LogP contribution in [0.1, 0.15) is 19.2 Å². The maximum atomic E-state index is 5.49. The third-order valence-corrected chi connectivity index (χ3v) is 2.66. The van der Waals surface area contributed by atoms with Gasteiger partial charge in [-0.15, -0.1) is 0 Å². The van der Waals surface area contributed by atoms with Crippen molar-refractivity contribution >= 4 is 5.96 Å². The van der Waals surface area contributed by atoms with Crippen LogP contribution >= 0.6 is 0 Å². The minimum Gasteiger partial charge on any atom is -0.333 e. The van der Waals surface area contributed by atoms with Gasteiger partial charge in [0.15, 0.2) is 0 Å². The van der Waals surface area contributed by atoms with Crippen molar-refractivity contribution < 1.29 is 0 Å². The van der Waals surface area contributed by atoms with E-state index in [2.05, 4.69) is 31.8 Å². The van der Waals surface area contributed by atoms with Crippen LogP contribution < -0.4 is 11.3 Å². The average molecular weight is 222 g/mol. The number of hydrogen-bond donors (Lipinski definition) is 2. The molecule has 0 unspecified atom stereocenters. The molecule has 0 bridgehead atoms. The fourth-order valence-electron chi connectivity index (χ4n) is 1.81. The Kier molecular flexibility index (Phi) is 3.40. The van der Waals surface area contributed by atoms with Gasteiger partial charge in [-0.25, -0.2) is 10.8 Å². The summed E-state index contributed by atoms with van der Waals surface area (Å²) in [6.07, 6.45) is 4.86. The number of nitrogens with one attached hydrogen (secondary N) is 1. The highest BCUT2D eigenvalue weighted by Crippen LogP contribution is 2.09. The summed E-state index contributed by atoms with van der Waals surface area (Å²) in [6.45, 7) is 5.50. The Morgan fingerprint density at radius 3 is 3.25 bits per heavy atom. The second-order valence-corrected chi connectivity index (χ2v) is 3.81. The van der Waals surface area contributed by atoms with Crippen LogP contribution in [-0.2, 0) is 13.1 Å². The van der Waals surface area contributed by atoms with E-state index in [9.17, 15) is 0 Å². The smallest absolute Gasteiger partial charge is 0.208 e. The van der Waals surface area contributed by atoms with E-state index < -0.39 is 0 Å². The molecule has 0 saturated heterocycles. The van der Waals surface area contributed by atoms with Crippen molar-refractivity contribution in [3.63, 3.8) is 0 Å². The van der Waals surface area contributed by atoms with E-state index >= 15 is 0 Å². The average Bonchev–Trinajstić information content (AvgIpc) is 2.77. The molecule has 3 N–H and O–H groups in total. The molecule has 6 heteroatoms. The molecule has 1 aromatic rings. The zero-order valence-electron chi connectivity index (χ0n) is 9.56. The third-order valence-electron chi connectivity index (χ3n) is 2.66. The monoisotopic (exact) mass is 222 g/mol. The second-order valence-electron chi connectivity index (χ2n) is 3.81. The van der Waals surface area contributed by atoms with E-state index in [-0.39, 0.29) is 0 Å². The molecule has 0 aliphatic carbocycles. The molecule has 0 fully saturated rings. The first-order valence-electron chi connectivity index (χ1n) is 5.61. The summed E-state index contributed by atoms with van der Waals surface area (Å²) in [5.41, 5.74) is 2.67. The quantitative estimate of drug-likeness (QED) is 0.318. The lowest BCUT2D eigenvalue weighted by molar-refractivity contribution is 0.319. The van der Waals surface area contributed by atoms with E-state index in [1.54, 1.807) is 0 Å². The van der Waals surface area contributed by atoms with Gasteiger partial charge in [-0.05, 0) is 6.42 Å². The van der Waals surface area contributed by atoms with Gasteiger partial charge >= 0.3 is 0 Å². The molecule has 6 nitrogen and oxygen atoms in total. The van der Waals surface area contributed by atoms with Crippen LogP contribution in [0.3, 0.4) is 0 Å². The van der Waals surface area contributed by atoms with Gasteiger partial charge in [-0.1, -0.05) is 6.92 Å². The van der Waals surface area contributed by atoms with Gasteiger partial charge in [-0.3, -0.25) is 10.4 Å². The van der Waals surface area contributed by atoms with Gasteiger partial charge < -0.3 is 9.47 Å². The first-order chi connectivity index (χ1) is 7.85.